The molecule has 2 rings (SSSR count). The van der Waals surface area contributed by atoms with Gasteiger partial charge in [-0.3, -0.25) is 4.79 Å². The Bertz CT molecular complexity index is 294. The molecule has 2 fully saturated rings. The van der Waals surface area contributed by atoms with Crippen LogP contribution in [0.2, 0.25) is 0 Å². The number of aliphatic hydroxyl groups is 1. The van der Waals surface area contributed by atoms with Crippen LogP contribution in [0.5, 0.6) is 0 Å². The molecule has 3 atom stereocenters. The Labute approximate surface area is 110 Å². The van der Waals surface area contributed by atoms with Crippen LogP contribution in [0.1, 0.15) is 52.4 Å². The Kier molecular flexibility index (Phi) is 4.62. The first-order valence-electron chi connectivity index (χ1n) is 7.34. The summed E-state index contributed by atoms with van der Waals surface area (Å²) in [5.74, 6) is 0.189. The van der Waals surface area contributed by atoms with Gasteiger partial charge >= 0.3 is 0 Å². The molecule has 1 heterocycles. The van der Waals surface area contributed by atoms with Gasteiger partial charge < -0.3 is 15.3 Å². The fourth-order valence-electron chi connectivity index (χ4n) is 3.22. The van der Waals surface area contributed by atoms with Crippen LogP contribution in [0.3, 0.4) is 0 Å². The minimum Gasteiger partial charge on any atom is -0.391 e. The SMILES string of the molecule is CC(C)NC1CCN(C2CCCCCC2O)C1=O. The molecule has 1 amide bonds. The minimum atomic E-state index is -0.325. The molecule has 18 heavy (non-hydrogen) atoms. The van der Waals surface area contributed by atoms with Crippen molar-refractivity contribution in [1.29, 1.82) is 0 Å². The van der Waals surface area contributed by atoms with E-state index in [2.05, 4.69) is 19.2 Å². The number of likely N-dealkylation sites (tertiary alicyclic amines) is 1. The van der Waals surface area contributed by atoms with Gasteiger partial charge in [0.1, 0.15) is 0 Å². The Hall–Kier alpha value is -0.610. The molecule has 0 radical (unpaired) electrons. The van der Waals surface area contributed by atoms with Crippen LogP contribution < -0.4 is 5.32 Å². The van der Waals surface area contributed by atoms with Crippen molar-refractivity contribution in [2.45, 2.75) is 76.6 Å². The van der Waals surface area contributed by atoms with Crippen LogP contribution >= 0.6 is 0 Å². The molecular weight excluding hydrogens is 228 g/mol. The summed E-state index contributed by atoms with van der Waals surface area (Å²) >= 11 is 0. The molecule has 0 bridgehead atoms. The number of aliphatic hydroxyl groups excluding tert-OH is 1. The molecule has 2 aliphatic rings. The number of carbonyl (C=O) groups excluding carboxylic acids is 1. The van der Waals surface area contributed by atoms with Crippen LogP contribution in [0, 0.1) is 0 Å². The lowest BCUT2D eigenvalue weighted by Gasteiger charge is -2.31. The number of carbonyl (C=O) groups is 1. The molecule has 1 aliphatic carbocycles. The van der Waals surface area contributed by atoms with E-state index in [1.807, 2.05) is 4.90 Å². The van der Waals surface area contributed by atoms with Crippen molar-refractivity contribution in [3.05, 3.63) is 0 Å². The van der Waals surface area contributed by atoms with Gasteiger partial charge in [-0.25, -0.2) is 0 Å². The van der Waals surface area contributed by atoms with Crippen molar-refractivity contribution < 1.29 is 9.90 Å². The molecule has 1 aliphatic heterocycles. The van der Waals surface area contributed by atoms with Crippen molar-refractivity contribution in [1.82, 2.24) is 10.2 Å². The highest BCUT2D eigenvalue weighted by atomic mass is 16.3. The summed E-state index contributed by atoms with van der Waals surface area (Å²) in [5.41, 5.74) is 0. The van der Waals surface area contributed by atoms with Crippen LogP contribution in [0.25, 0.3) is 0 Å². The van der Waals surface area contributed by atoms with Gasteiger partial charge in [-0.15, -0.1) is 0 Å². The quantitative estimate of drug-likeness (QED) is 0.746. The minimum absolute atomic E-state index is 0.0412. The van der Waals surface area contributed by atoms with Crippen molar-refractivity contribution in [2.75, 3.05) is 6.54 Å². The van der Waals surface area contributed by atoms with Crippen molar-refractivity contribution >= 4 is 5.91 Å². The highest BCUT2D eigenvalue weighted by Crippen LogP contribution is 2.26. The van der Waals surface area contributed by atoms with E-state index in [0.29, 0.717) is 6.04 Å². The predicted octanol–water partition coefficient (Wildman–Crippen LogP) is 1.28. The number of hydrogen-bond acceptors (Lipinski definition) is 3. The third-order valence-corrected chi connectivity index (χ3v) is 4.12. The summed E-state index contributed by atoms with van der Waals surface area (Å²) < 4.78 is 0. The highest BCUT2D eigenvalue weighted by Gasteiger charge is 2.38. The Morgan fingerprint density at radius 1 is 1.22 bits per heavy atom. The Morgan fingerprint density at radius 3 is 2.67 bits per heavy atom. The van der Waals surface area contributed by atoms with Crippen molar-refractivity contribution in [3.63, 3.8) is 0 Å². The maximum Gasteiger partial charge on any atom is 0.240 e. The number of nitrogens with one attached hydrogen (secondary N) is 1. The lowest BCUT2D eigenvalue weighted by molar-refractivity contribution is -0.134. The predicted molar refractivity (Wildman–Crippen MR) is 71.3 cm³/mol. The molecular formula is C14H26N2O2. The van der Waals surface area contributed by atoms with Gasteiger partial charge in [0.15, 0.2) is 0 Å². The van der Waals surface area contributed by atoms with Gasteiger partial charge in [0.25, 0.3) is 0 Å². The highest BCUT2D eigenvalue weighted by molar-refractivity contribution is 5.84. The number of amides is 1. The zero-order valence-electron chi connectivity index (χ0n) is 11.6. The molecule has 4 nitrogen and oxygen atoms in total. The van der Waals surface area contributed by atoms with Gasteiger partial charge in [-0.1, -0.05) is 33.1 Å². The molecule has 3 unspecified atom stereocenters. The normalized spacial score (nSPS) is 34.1. The van der Waals surface area contributed by atoms with E-state index >= 15 is 0 Å². The third-order valence-electron chi connectivity index (χ3n) is 4.12. The maximum absolute atomic E-state index is 12.4. The second-order valence-corrected chi connectivity index (χ2v) is 5.97. The van der Waals surface area contributed by atoms with Crippen LogP contribution in [-0.4, -0.2) is 46.7 Å². The topological polar surface area (TPSA) is 52.6 Å². The fraction of sp³-hybridized carbons (Fsp3) is 0.929. The zero-order chi connectivity index (χ0) is 13.1. The van der Waals surface area contributed by atoms with Crippen LogP contribution in [0.4, 0.5) is 0 Å². The fourth-order valence-corrected chi connectivity index (χ4v) is 3.22. The summed E-state index contributed by atoms with van der Waals surface area (Å²) in [5, 5.41) is 13.5. The summed E-state index contributed by atoms with van der Waals surface area (Å²) in [4.78, 5) is 14.3. The standard InChI is InChI=1S/C14H26N2O2/c1-10(2)15-11-8-9-16(14(11)18)12-6-4-3-5-7-13(12)17/h10-13,15,17H,3-9H2,1-2H3. The van der Waals surface area contributed by atoms with E-state index in [1.165, 1.54) is 6.42 Å². The van der Waals surface area contributed by atoms with E-state index in [1.54, 1.807) is 0 Å². The van der Waals surface area contributed by atoms with Gasteiger partial charge in [-0.05, 0) is 19.3 Å². The molecule has 0 aromatic carbocycles. The summed E-state index contributed by atoms with van der Waals surface area (Å²) in [7, 11) is 0. The number of rotatable bonds is 3. The average Bonchev–Trinajstić information content (AvgIpc) is 2.53. The van der Waals surface area contributed by atoms with E-state index in [0.717, 1.165) is 38.6 Å². The van der Waals surface area contributed by atoms with Crippen molar-refractivity contribution in [3.8, 4) is 0 Å². The van der Waals surface area contributed by atoms with E-state index in [4.69, 9.17) is 0 Å². The smallest absolute Gasteiger partial charge is 0.240 e. The average molecular weight is 254 g/mol. The zero-order valence-corrected chi connectivity index (χ0v) is 11.6. The van der Waals surface area contributed by atoms with E-state index in [-0.39, 0.29) is 24.1 Å². The van der Waals surface area contributed by atoms with Crippen LogP contribution in [-0.2, 0) is 4.79 Å². The second-order valence-electron chi connectivity index (χ2n) is 5.97. The molecule has 0 aromatic heterocycles. The third kappa shape index (κ3) is 3.04. The number of hydrogen-bond donors (Lipinski definition) is 2. The van der Waals surface area contributed by atoms with Crippen molar-refractivity contribution in [2.24, 2.45) is 0 Å². The second kappa shape index (κ2) is 6.02. The molecule has 104 valence electrons. The number of nitrogens with zero attached hydrogens (tertiary/aromatic N) is 1. The molecule has 0 aromatic rings. The first-order valence-corrected chi connectivity index (χ1v) is 7.34. The van der Waals surface area contributed by atoms with Gasteiger partial charge in [0.2, 0.25) is 5.91 Å². The Morgan fingerprint density at radius 2 is 1.94 bits per heavy atom. The summed E-state index contributed by atoms with van der Waals surface area (Å²) in [6.07, 6.45) is 5.76. The van der Waals surface area contributed by atoms with Gasteiger partial charge in [0.05, 0.1) is 18.2 Å². The lowest BCUT2D eigenvalue weighted by atomic mass is 10.0. The monoisotopic (exact) mass is 254 g/mol. The largest absolute Gasteiger partial charge is 0.391 e. The lowest BCUT2D eigenvalue weighted by Crippen LogP contribution is -2.48. The molecule has 1 saturated carbocycles. The first kappa shape index (κ1) is 13.8. The molecule has 4 heteroatoms. The first-order chi connectivity index (χ1) is 8.59. The van der Waals surface area contributed by atoms with E-state index in [9.17, 15) is 9.90 Å². The van der Waals surface area contributed by atoms with Gasteiger partial charge in [0, 0.05) is 12.6 Å². The van der Waals surface area contributed by atoms with Crippen LogP contribution in [0.15, 0.2) is 0 Å². The summed E-state index contributed by atoms with van der Waals surface area (Å²) in [6.45, 7) is 4.93. The molecule has 0 spiro atoms. The molecule has 2 N–H and O–H groups in total. The Balaban J connectivity index is 1.98. The summed E-state index contributed by atoms with van der Waals surface area (Å²) in [6, 6.07) is 0.345. The maximum atomic E-state index is 12.4. The molecule has 1 saturated heterocycles. The van der Waals surface area contributed by atoms with Gasteiger partial charge in [-0.2, -0.15) is 0 Å². The van der Waals surface area contributed by atoms with E-state index < -0.39 is 0 Å².